The molecule has 2 aromatic rings. The summed E-state index contributed by atoms with van der Waals surface area (Å²) >= 11 is 0. The monoisotopic (exact) mass is 450 g/mol. The van der Waals surface area contributed by atoms with Gasteiger partial charge in [0.25, 0.3) is 5.91 Å². The fourth-order valence-electron chi connectivity index (χ4n) is 4.35. The number of carbonyl (C=O) groups is 3. The van der Waals surface area contributed by atoms with Gasteiger partial charge in [-0.25, -0.2) is 4.79 Å². The summed E-state index contributed by atoms with van der Waals surface area (Å²) in [5.41, 5.74) is 2.94. The molecule has 2 N–H and O–H groups in total. The maximum absolute atomic E-state index is 12.8. The molecule has 2 aromatic carbocycles. The fourth-order valence-corrected chi connectivity index (χ4v) is 4.35. The molecule has 174 valence electrons. The molecule has 2 fully saturated rings. The first-order valence-corrected chi connectivity index (χ1v) is 11.4. The second-order valence-corrected chi connectivity index (χ2v) is 8.71. The van der Waals surface area contributed by atoms with Gasteiger partial charge in [0.1, 0.15) is 0 Å². The molecule has 2 heterocycles. The molecule has 0 spiro atoms. The molecule has 8 nitrogen and oxygen atoms in total. The van der Waals surface area contributed by atoms with Crippen LogP contribution in [-0.4, -0.2) is 78.5 Å². The number of hydrogen-bond donors (Lipinski definition) is 2. The van der Waals surface area contributed by atoms with Gasteiger partial charge in [0.05, 0.1) is 23.5 Å². The first-order chi connectivity index (χ1) is 15.9. The van der Waals surface area contributed by atoms with Crippen molar-refractivity contribution in [2.45, 2.75) is 19.8 Å². The number of amides is 2. The average Bonchev–Trinajstić information content (AvgIpc) is 3.35. The van der Waals surface area contributed by atoms with Crippen LogP contribution in [0.1, 0.15) is 39.1 Å². The number of nitrogens with one attached hydrogen (secondary N) is 1. The van der Waals surface area contributed by atoms with Crippen molar-refractivity contribution < 1.29 is 19.5 Å². The first kappa shape index (κ1) is 22.8. The van der Waals surface area contributed by atoms with Crippen molar-refractivity contribution in [1.29, 1.82) is 0 Å². The van der Waals surface area contributed by atoms with E-state index in [0.717, 1.165) is 50.3 Å². The molecule has 0 aliphatic carbocycles. The van der Waals surface area contributed by atoms with Gasteiger partial charge in [0, 0.05) is 44.8 Å². The van der Waals surface area contributed by atoms with Crippen molar-refractivity contribution in [2.75, 3.05) is 56.0 Å². The SMILES string of the molecule is Cc1ccc(C(=O)Nc2cc(C(=O)O)ccc2N2CCN(CC(=O)N3CCCC3)CC2)cc1. The van der Waals surface area contributed by atoms with E-state index in [1.807, 2.05) is 24.0 Å². The molecule has 0 atom stereocenters. The van der Waals surface area contributed by atoms with Gasteiger partial charge in [-0.1, -0.05) is 17.7 Å². The van der Waals surface area contributed by atoms with E-state index in [1.54, 1.807) is 24.3 Å². The summed E-state index contributed by atoms with van der Waals surface area (Å²) in [5.74, 6) is -1.14. The molecule has 8 heteroatoms. The largest absolute Gasteiger partial charge is 0.478 e. The van der Waals surface area contributed by atoms with Crippen molar-refractivity contribution in [1.82, 2.24) is 9.80 Å². The summed E-state index contributed by atoms with van der Waals surface area (Å²) in [7, 11) is 0. The van der Waals surface area contributed by atoms with Crippen LogP contribution in [0.25, 0.3) is 0 Å². The Balaban J connectivity index is 1.45. The van der Waals surface area contributed by atoms with Crippen LogP contribution >= 0.6 is 0 Å². The van der Waals surface area contributed by atoms with Crippen LogP contribution < -0.4 is 10.2 Å². The molecule has 33 heavy (non-hydrogen) atoms. The van der Waals surface area contributed by atoms with Crippen LogP contribution in [0.15, 0.2) is 42.5 Å². The summed E-state index contributed by atoms with van der Waals surface area (Å²) in [6, 6.07) is 12.1. The van der Waals surface area contributed by atoms with Gasteiger partial charge in [-0.05, 0) is 50.1 Å². The zero-order valence-corrected chi connectivity index (χ0v) is 18.9. The number of carboxylic acid groups (broad SMARTS) is 1. The number of carbonyl (C=O) groups excluding carboxylic acids is 2. The van der Waals surface area contributed by atoms with Crippen LogP contribution in [0, 0.1) is 6.92 Å². The zero-order chi connectivity index (χ0) is 23.4. The molecule has 2 aliphatic heterocycles. The Morgan fingerprint density at radius 2 is 1.52 bits per heavy atom. The quantitative estimate of drug-likeness (QED) is 0.703. The van der Waals surface area contributed by atoms with Gasteiger partial charge < -0.3 is 20.2 Å². The highest BCUT2D eigenvalue weighted by Crippen LogP contribution is 2.29. The lowest BCUT2D eigenvalue weighted by Crippen LogP contribution is -2.50. The Labute approximate surface area is 193 Å². The first-order valence-electron chi connectivity index (χ1n) is 11.4. The topological polar surface area (TPSA) is 93.2 Å². The number of piperazine rings is 1. The molecular weight excluding hydrogens is 420 g/mol. The Morgan fingerprint density at radius 3 is 2.15 bits per heavy atom. The van der Waals surface area contributed by atoms with Gasteiger partial charge in [-0.15, -0.1) is 0 Å². The molecule has 2 amide bonds. The summed E-state index contributed by atoms with van der Waals surface area (Å²) < 4.78 is 0. The smallest absolute Gasteiger partial charge is 0.335 e. The Hall–Kier alpha value is -3.39. The maximum Gasteiger partial charge on any atom is 0.335 e. The highest BCUT2D eigenvalue weighted by molar-refractivity contribution is 6.06. The fraction of sp³-hybridized carbons (Fsp3) is 0.400. The van der Waals surface area contributed by atoms with Crippen molar-refractivity contribution in [3.63, 3.8) is 0 Å². The van der Waals surface area contributed by atoms with E-state index < -0.39 is 5.97 Å². The number of carboxylic acids is 1. The number of anilines is 2. The standard InChI is InChI=1S/C25H30N4O4/c1-18-4-6-19(7-5-18)24(31)26-21-16-20(25(32)33)8-9-22(21)28-14-12-27(13-15-28)17-23(30)29-10-2-3-11-29/h4-9,16H,2-3,10-15,17H2,1H3,(H,26,31)(H,32,33). The molecule has 0 saturated carbocycles. The van der Waals surface area contributed by atoms with E-state index in [-0.39, 0.29) is 17.4 Å². The minimum absolute atomic E-state index is 0.118. The van der Waals surface area contributed by atoms with Gasteiger partial charge >= 0.3 is 5.97 Å². The number of aromatic carboxylic acids is 1. The van der Waals surface area contributed by atoms with Gasteiger partial charge in [-0.2, -0.15) is 0 Å². The summed E-state index contributed by atoms with van der Waals surface area (Å²) in [6.07, 6.45) is 2.17. The summed E-state index contributed by atoms with van der Waals surface area (Å²) in [4.78, 5) is 43.0. The van der Waals surface area contributed by atoms with Crippen molar-refractivity contribution in [2.24, 2.45) is 0 Å². The summed E-state index contributed by atoms with van der Waals surface area (Å²) in [5, 5.41) is 12.3. The Bertz CT molecular complexity index is 1020. The van der Waals surface area contributed by atoms with Crippen LogP contribution in [0.4, 0.5) is 11.4 Å². The predicted octanol–water partition coefficient (Wildman–Crippen LogP) is 2.69. The lowest BCUT2D eigenvalue weighted by Gasteiger charge is -2.37. The van der Waals surface area contributed by atoms with Crippen LogP contribution in [0.5, 0.6) is 0 Å². The summed E-state index contributed by atoms with van der Waals surface area (Å²) in [6.45, 7) is 6.94. The highest BCUT2D eigenvalue weighted by Gasteiger charge is 2.25. The van der Waals surface area contributed by atoms with Gasteiger partial charge in [0.2, 0.25) is 5.91 Å². The molecular formula is C25H30N4O4. The van der Waals surface area contributed by atoms with Crippen molar-refractivity contribution in [3.8, 4) is 0 Å². The van der Waals surface area contributed by atoms with E-state index in [9.17, 15) is 19.5 Å². The lowest BCUT2D eigenvalue weighted by atomic mass is 10.1. The minimum Gasteiger partial charge on any atom is -0.478 e. The van der Waals surface area contributed by atoms with E-state index >= 15 is 0 Å². The van der Waals surface area contributed by atoms with E-state index in [4.69, 9.17) is 0 Å². The normalized spacial score (nSPS) is 16.6. The van der Waals surface area contributed by atoms with E-state index in [2.05, 4.69) is 15.1 Å². The second-order valence-electron chi connectivity index (χ2n) is 8.71. The number of likely N-dealkylation sites (tertiary alicyclic amines) is 1. The molecule has 0 bridgehead atoms. The molecule has 0 unspecified atom stereocenters. The number of hydrogen-bond acceptors (Lipinski definition) is 5. The second kappa shape index (κ2) is 10.0. The van der Waals surface area contributed by atoms with Gasteiger partial charge in [0.15, 0.2) is 0 Å². The molecule has 0 radical (unpaired) electrons. The third-order valence-corrected chi connectivity index (χ3v) is 6.34. The predicted molar refractivity (Wildman–Crippen MR) is 127 cm³/mol. The van der Waals surface area contributed by atoms with Crippen LogP contribution in [0.3, 0.4) is 0 Å². The molecule has 2 aliphatic rings. The minimum atomic E-state index is -1.04. The van der Waals surface area contributed by atoms with Crippen LogP contribution in [-0.2, 0) is 4.79 Å². The maximum atomic E-state index is 12.8. The highest BCUT2D eigenvalue weighted by atomic mass is 16.4. The van der Waals surface area contributed by atoms with E-state index in [0.29, 0.717) is 30.9 Å². The van der Waals surface area contributed by atoms with Crippen molar-refractivity contribution in [3.05, 3.63) is 59.2 Å². The van der Waals surface area contributed by atoms with Crippen LogP contribution in [0.2, 0.25) is 0 Å². The lowest BCUT2D eigenvalue weighted by molar-refractivity contribution is -0.131. The number of nitrogens with zero attached hydrogens (tertiary/aromatic N) is 3. The number of aryl methyl sites for hydroxylation is 1. The zero-order valence-electron chi connectivity index (χ0n) is 18.9. The Kier molecular flexibility index (Phi) is 6.93. The average molecular weight is 451 g/mol. The third kappa shape index (κ3) is 5.51. The molecule has 2 saturated heterocycles. The van der Waals surface area contributed by atoms with E-state index in [1.165, 1.54) is 6.07 Å². The number of rotatable bonds is 6. The van der Waals surface area contributed by atoms with Gasteiger partial charge in [-0.3, -0.25) is 14.5 Å². The Morgan fingerprint density at radius 1 is 0.879 bits per heavy atom. The molecule has 0 aromatic heterocycles. The number of benzene rings is 2. The molecule has 4 rings (SSSR count). The van der Waals surface area contributed by atoms with Crippen molar-refractivity contribution >= 4 is 29.2 Å². The third-order valence-electron chi connectivity index (χ3n) is 6.34.